The Bertz CT molecular complexity index is 770. The summed E-state index contributed by atoms with van der Waals surface area (Å²) >= 11 is 9.00. The van der Waals surface area contributed by atoms with Crippen molar-refractivity contribution in [3.8, 4) is 0 Å². The molecule has 0 spiro atoms. The van der Waals surface area contributed by atoms with Crippen molar-refractivity contribution in [3.05, 3.63) is 52.3 Å². The lowest BCUT2D eigenvalue weighted by atomic mass is 10.2. The highest BCUT2D eigenvalue weighted by atomic mass is 35.5. The third-order valence-corrected chi connectivity index (χ3v) is 6.27. The Morgan fingerprint density at radius 2 is 1.87 bits per heavy atom. The first kappa shape index (κ1) is 25.0. The molecule has 1 atom stereocenters. The summed E-state index contributed by atoms with van der Waals surface area (Å²) in [5.41, 5.74) is 2.81. The Morgan fingerprint density at radius 3 is 2.53 bits per heavy atom. The summed E-state index contributed by atoms with van der Waals surface area (Å²) in [7, 11) is 0. The summed E-state index contributed by atoms with van der Waals surface area (Å²) in [5, 5.41) is 1.29. The number of nitrogens with zero attached hydrogens (tertiary/aromatic N) is 2. The van der Waals surface area contributed by atoms with Crippen LogP contribution in [0.4, 0.5) is 0 Å². The van der Waals surface area contributed by atoms with E-state index >= 15 is 0 Å². The molecular formula is C22H29ClN2O3S2. The molecule has 8 heteroatoms. The number of unbranched alkanes of at least 4 members (excludes halogenated alkanes) is 1. The van der Waals surface area contributed by atoms with Crippen molar-refractivity contribution < 1.29 is 14.3 Å². The Kier molecular flexibility index (Phi) is 11.6. The van der Waals surface area contributed by atoms with Crippen LogP contribution in [0.1, 0.15) is 36.7 Å². The third-order valence-electron chi connectivity index (χ3n) is 4.01. The summed E-state index contributed by atoms with van der Waals surface area (Å²) in [4.78, 5) is 21.1. The smallest absolute Gasteiger partial charge is 0.316 e. The van der Waals surface area contributed by atoms with Gasteiger partial charge < -0.3 is 9.47 Å². The summed E-state index contributed by atoms with van der Waals surface area (Å²) in [6, 6.07) is 9.44. The number of carbonyl (C=O) groups excluding carboxylic acids is 1. The zero-order chi connectivity index (χ0) is 21.8. The first-order valence-electron chi connectivity index (χ1n) is 10.0. The predicted octanol–water partition coefficient (Wildman–Crippen LogP) is 5.50. The minimum atomic E-state index is -0.285. The molecule has 164 valence electrons. The average molecular weight is 469 g/mol. The van der Waals surface area contributed by atoms with Gasteiger partial charge in [-0.05, 0) is 49.8 Å². The molecule has 5 nitrogen and oxygen atoms in total. The van der Waals surface area contributed by atoms with E-state index in [1.54, 1.807) is 11.8 Å². The van der Waals surface area contributed by atoms with Crippen molar-refractivity contribution in [1.29, 1.82) is 0 Å². The van der Waals surface area contributed by atoms with Gasteiger partial charge >= 0.3 is 5.97 Å². The zero-order valence-corrected chi connectivity index (χ0v) is 20.1. The molecule has 0 saturated carbocycles. The van der Waals surface area contributed by atoms with E-state index in [9.17, 15) is 4.79 Å². The quantitative estimate of drug-likeness (QED) is 0.166. The molecule has 0 fully saturated rings. The molecule has 0 N–H and O–H groups in total. The predicted molar refractivity (Wildman–Crippen MR) is 125 cm³/mol. The maximum absolute atomic E-state index is 12.4. The standard InChI is InChI=1S/C22H29ClN2O3S2/c1-4-5-10-29-14-20(13-27-12-18-6-8-19(23)9-7-18)28-21(26)15-30-22-24-16(2)11-17(3)25-22/h6-9,11,20H,4-5,10,12-15H2,1-3H3. The van der Waals surface area contributed by atoms with E-state index in [-0.39, 0.29) is 17.8 Å². The number of ether oxygens (including phenoxy) is 2. The molecule has 1 unspecified atom stereocenters. The molecule has 1 aromatic heterocycles. The fourth-order valence-electron chi connectivity index (χ4n) is 2.57. The van der Waals surface area contributed by atoms with Gasteiger partial charge in [0, 0.05) is 22.2 Å². The molecule has 1 heterocycles. The lowest BCUT2D eigenvalue weighted by Gasteiger charge is -2.18. The first-order chi connectivity index (χ1) is 14.5. The lowest BCUT2D eigenvalue weighted by molar-refractivity contribution is -0.147. The van der Waals surface area contributed by atoms with Crippen molar-refractivity contribution in [2.75, 3.05) is 23.9 Å². The van der Waals surface area contributed by atoms with Crippen LogP contribution in [0.5, 0.6) is 0 Å². The number of esters is 1. The van der Waals surface area contributed by atoms with Crippen LogP contribution in [0, 0.1) is 13.8 Å². The topological polar surface area (TPSA) is 61.3 Å². The van der Waals surface area contributed by atoms with Crippen LogP contribution < -0.4 is 0 Å². The van der Waals surface area contributed by atoms with Crippen molar-refractivity contribution in [2.24, 2.45) is 0 Å². The molecule has 2 rings (SSSR count). The van der Waals surface area contributed by atoms with Gasteiger partial charge in [0.15, 0.2) is 5.16 Å². The Morgan fingerprint density at radius 1 is 1.17 bits per heavy atom. The van der Waals surface area contributed by atoms with E-state index < -0.39 is 0 Å². The molecule has 2 aromatic rings. The van der Waals surface area contributed by atoms with Gasteiger partial charge in [-0.15, -0.1) is 0 Å². The van der Waals surface area contributed by atoms with Gasteiger partial charge in [-0.25, -0.2) is 9.97 Å². The van der Waals surface area contributed by atoms with E-state index in [2.05, 4.69) is 16.9 Å². The van der Waals surface area contributed by atoms with Crippen LogP contribution in [-0.4, -0.2) is 45.9 Å². The van der Waals surface area contributed by atoms with E-state index in [1.165, 1.54) is 11.8 Å². The van der Waals surface area contributed by atoms with E-state index in [0.29, 0.717) is 23.4 Å². The number of hydrogen-bond acceptors (Lipinski definition) is 7. The molecule has 0 amide bonds. The number of thioether (sulfide) groups is 2. The number of rotatable bonds is 13. The Labute approximate surface area is 192 Å². The average Bonchev–Trinajstić information content (AvgIpc) is 2.70. The molecule has 0 aliphatic heterocycles. The summed E-state index contributed by atoms with van der Waals surface area (Å²) in [6.07, 6.45) is 2.01. The fourth-order valence-corrected chi connectivity index (χ4v) is 4.51. The van der Waals surface area contributed by atoms with Crippen LogP contribution in [-0.2, 0) is 20.9 Å². The molecule has 0 bridgehead atoms. The summed E-state index contributed by atoms with van der Waals surface area (Å²) < 4.78 is 11.5. The molecule has 1 aromatic carbocycles. The zero-order valence-electron chi connectivity index (χ0n) is 17.7. The Hall–Kier alpha value is -1.28. The van der Waals surface area contributed by atoms with E-state index in [0.717, 1.165) is 41.3 Å². The van der Waals surface area contributed by atoms with Crippen molar-refractivity contribution in [1.82, 2.24) is 9.97 Å². The second-order valence-electron chi connectivity index (χ2n) is 6.90. The van der Waals surface area contributed by atoms with Gasteiger partial charge in [0.2, 0.25) is 0 Å². The highest BCUT2D eigenvalue weighted by Gasteiger charge is 2.16. The fraction of sp³-hybridized carbons (Fsp3) is 0.500. The van der Waals surface area contributed by atoms with Crippen LogP contribution in [0.25, 0.3) is 0 Å². The van der Waals surface area contributed by atoms with Crippen LogP contribution >= 0.6 is 35.1 Å². The number of hydrogen-bond donors (Lipinski definition) is 0. The van der Waals surface area contributed by atoms with Gasteiger partial charge in [0.1, 0.15) is 6.10 Å². The van der Waals surface area contributed by atoms with Gasteiger partial charge in [-0.1, -0.05) is 48.8 Å². The van der Waals surface area contributed by atoms with Gasteiger partial charge in [-0.3, -0.25) is 4.79 Å². The minimum absolute atomic E-state index is 0.177. The number of benzene rings is 1. The van der Waals surface area contributed by atoms with Crippen LogP contribution in [0.2, 0.25) is 5.02 Å². The van der Waals surface area contributed by atoms with Gasteiger partial charge in [0.05, 0.1) is 19.0 Å². The lowest BCUT2D eigenvalue weighted by Crippen LogP contribution is -2.27. The van der Waals surface area contributed by atoms with E-state index in [1.807, 2.05) is 44.2 Å². The summed E-state index contributed by atoms with van der Waals surface area (Å²) in [5.74, 6) is 1.67. The van der Waals surface area contributed by atoms with Crippen molar-refractivity contribution in [2.45, 2.75) is 51.5 Å². The second-order valence-corrected chi connectivity index (χ2v) is 9.43. The normalized spacial score (nSPS) is 12.0. The molecular weight excluding hydrogens is 440 g/mol. The first-order valence-corrected chi connectivity index (χ1v) is 12.5. The maximum Gasteiger partial charge on any atom is 0.316 e. The summed E-state index contributed by atoms with van der Waals surface area (Å²) in [6.45, 7) is 6.81. The van der Waals surface area contributed by atoms with Crippen LogP contribution in [0.3, 0.4) is 0 Å². The number of carbonyl (C=O) groups is 1. The Balaban J connectivity index is 1.82. The highest BCUT2D eigenvalue weighted by molar-refractivity contribution is 7.99. The molecule has 0 radical (unpaired) electrons. The van der Waals surface area contributed by atoms with Crippen LogP contribution in [0.15, 0.2) is 35.5 Å². The van der Waals surface area contributed by atoms with Gasteiger partial charge in [-0.2, -0.15) is 11.8 Å². The van der Waals surface area contributed by atoms with E-state index in [4.69, 9.17) is 21.1 Å². The second kappa shape index (κ2) is 13.9. The highest BCUT2D eigenvalue weighted by Crippen LogP contribution is 2.16. The number of aryl methyl sites for hydroxylation is 2. The third kappa shape index (κ3) is 10.2. The molecule has 0 aliphatic carbocycles. The molecule has 0 aliphatic rings. The molecule has 0 saturated heterocycles. The maximum atomic E-state index is 12.4. The molecule has 30 heavy (non-hydrogen) atoms. The van der Waals surface area contributed by atoms with Crippen molar-refractivity contribution >= 4 is 41.1 Å². The largest absolute Gasteiger partial charge is 0.458 e. The number of halogens is 1. The monoisotopic (exact) mass is 468 g/mol. The van der Waals surface area contributed by atoms with Crippen molar-refractivity contribution in [3.63, 3.8) is 0 Å². The van der Waals surface area contributed by atoms with Gasteiger partial charge in [0.25, 0.3) is 0 Å². The number of aromatic nitrogens is 2. The minimum Gasteiger partial charge on any atom is -0.458 e. The SMILES string of the molecule is CCCCSCC(COCc1ccc(Cl)cc1)OC(=O)CSc1nc(C)cc(C)n1.